The van der Waals surface area contributed by atoms with Gasteiger partial charge in [0, 0.05) is 6.54 Å². The van der Waals surface area contributed by atoms with E-state index in [1.807, 2.05) is 30.3 Å². The van der Waals surface area contributed by atoms with E-state index in [4.69, 9.17) is 14.9 Å². The number of nitrogens with zero attached hydrogens (tertiary/aromatic N) is 1. The van der Waals surface area contributed by atoms with Crippen molar-refractivity contribution in [2.75, 3.05) is 13.2 Å². The summed E-state index contributed by atoms with van der Waals surface area (Å²) in [5.41, 5.74) is 5.24. The zero-order chi connectivity index (χ0) is 15.8. The third kappa shape index (κ3) is 6.48. The molecule has 1 aromatic carbocycles. The Labute approximate surface area is 124 Å². The van der Waals surface area contributed by atoms with Gasteiger partial charge in [0.15, 0.2) is 0 Å². The number of aliphatic hydroxyl groups excluding tert-OH is 2. The molecule has 0 unspecified atom stereocenters. The Hall–Kier alpha value is -1.08. The number of benzene rings is 1. The molecular weight excluding hydrogens is 295 g/mol. The molecule has 8 heteroatoms. The predicted octanol–water partition coefficient (Wildman–Crippen LogP) is -0.660. The molecule has 2 atom stereocenters. The molecule has 0 radical (unpaired) electrons. The van der Waals surface area contributed by atoms with Gasteiger partial charge < -0.3 is 24.9 Å². The first-order chi connectivity index (χ1) is 9.93. The lowest BCUT2D eigenvalue weighted by atomic mass is 10.1. The number of likely N-dealkylation sites (tertiary alicyclic amines) is 1. The third-order valence-corrected chi connectivity index (χ3v) is 3.12. The topological polar surface area (TPSA) is 127 Å². The predicted molar refractivity (Wildman–Crippen MR) is 78.9 cm³/mol. The van der Waals surface area contributed by atoms with Crippen LogP contribution in [0.1, 0.15) is 12.0 Å². The smallest absolute Gasteiger partial charge is 0.247 e. The number of nitrogens with two attached hydrogens (primary N) is 1. The SMILES string of the molecule is NP(O)O.O=C(Cc1ccccc1)N1C[C@H](O)C[C@H]1CO. The standard InChI is InChI=1S/C13H17NO3.H4NO2P/c15-9-11-7-12(16)8-14(11)13(17)6-10-4-2-1-3-5-10;1-4(2)3/h1-5,11-12,15-16H,6-9H2;2-3H,1H2/t11-,12+;/m0./s1. The van der Waals surface area contributed by atoms with Gasteiger partial charge in [-0.05, 0) is 12.0 Å². The highest BCUT2D eigenvalue weighted by atomic mass is 31.2. The maximum atomic E-state index is 12.0. The fourth-order valence-corrected chi connectivity index (χ4v) is 2.24. The Morgan fingerprint density at radius 3 is 2.43 bits per heavy atom. The summed E-state index contributed by atoms with van der Waals surface area (Å²) in [6.07, 6.45) is 0.285. The van der Waals surface area contributed by atoms with Crippen molar-refractivity contribution in [3.05, 3.63) is 35.9 Å². The summed E-state index contributed by atoms with van der Waals surface area (Å²) in [5.74, 6) is -0.0354. The monoisotopic (exact) mass is 316 g/mol. The number of amides is 1. The first-order valence-electron chi connectivity index (χ1n) is 6.49. The van der Waals surface area contributed by atoms with Gasteiger partial charge in [-0.25, -0.2) is 0 Å². The molecule has 1 aromatic rings. The van der Waals surface area contributed by atoms with E-state index < -0.39 is 14.6 Å². The van der Waals surface area contributed by atoms with E-state index in [-0.39, 0.29) is 18.6 Å². The average Bonchev–Trinajstić information content (AvgIpc) is 2.80. The van der Waals surface area contributed by atoms with Crippen LogP contribution in [-0.2, 0) is 11.2 Å². The molecular formula is C13H21N2O5P. The largest absolute Gasteiger partial charge is 0.394 e. The van der Waals surface area contributed by atoms with E-state index in [1.165, 1.54) is 0 Å². The van der Waals surface area contributed by atoms with Gasteiger partial charge >= 0.3 is 0 Å². The average molecular weight is 316 g/mol. The highest BCUT2D eigenvalue weighted by Gasteiger charge is 2.33. The molecule has 6 N–H and O–H groups in total. The molecule has 0 saturated carbocycles. The minimum atomic E-state index is -2.12. The number of rotatable bonds is 3. The van der Waals surface area contributed by atoms with Crippen molar-refractivity contribution in [1.82, 2.24) is 4.90 Å². The molecule has 0 spiro atoms. The molecule has 1 aliphatic rings. The van der Waals surface area contributed by atoms with Gasteiger partial charge in [-0.2, -0.15) is 0 Å². The minimum Gasteiger partial charge on any atom is -0.394 e. The summed E-state index contributed by atoms with van der Waals surface area (Å²) in [7, 11) is -2.12. The van der Waals surface area contributed by atoms with E-state index >= 15 is 0 Å². The minimum absolute atomic E-state index is 0.0354. The van der Waals surface area contributed by atoms with Gasteiger partial charge in [-0.15, -0.1) is 0 Å². The van der Waals surface area contributed by atoms with Crippen LogP contribution in [-0.4, -0.2) is 56.1 Å². The van der Waals surface area contributed by atoms with Crippen molar-refractivity contribution in [2.24, 2.45) is 5.50 Å². The molecule has 0 aliphatic carbocycles. The van der Waals surface area contributed by atoms with Crippen LogP contribution in [0.4, 0.5) is 0 Å². The highest BCUT2D eigenvalue weighted by molar-refractivity contribution is 7.42. The van der Waals surface area contributed by atoms with Crippen molar-refractivity contribution >= 4 is 14.4 Å². The molecule has 118 valence electrons. The van der Waals surface area contributed by atoms with Gasteiger partial charge in [0.05, 0.1) is 25.2 Å². The summed E-state index contributed by atoms with van der Waals surface area (Å²) in [5, 5.41) is 18.7. The molecule has 1 heterocycles. The van der Waals surface area contributed by atoms with Crippen LogP contribution >= 0.6 is 8.53 Å². The molecule has 21 heavy (non-hydrogen) atoms. The Balaban J connectivity index is 0.000000491. The van der Waals surface area contributed by atoms with Crippen molar-refractivity contribution in [2.45, 2.75) is 25.0 Å². The second-order valence-corrected chi connectivity index (χ2v) is 5.40. The number of aliphatic hydroxyl groups is 2. The molecule has 1 saturated heterocycles. The molecule has 0 bridgehead atoms. The van der Waals surface area contributed by atoms with E-state index in [1.54, 1.807) is 4.90 Å². The lowest BCUT2D eigenvalue weighted by Crippen LogP contribution is -2.38. The van der Waals surface area contributed by atoms with Gasteiger partial charge in [0.25, 0.3) is 0 Å². The molecule has 7 nitrogen and oxygen atoms in total. The van der Waals surface area contributed by atoms with Crippen molar-refractivity contribution < 1.29 is 24.8 Å². The normalized spacial score (nSPS) is 21.1. The number of hydrogen-bond acceptors (Lipinski definition) is 6. The highest BCUT2D eigenvalue weighted by Crippen LogP contribution is 2.18. The Morgan fingerprint density at radius 1 is 1.33 bits per heavy atom. The zero-order valence-corrected chi connectivity index (χ0v) is 12.4. The summed E-state index contributed by atoms with van der Waals surface area (Å²) in [6.45, 7) is 0.245. The van der Waals surface area contributed by atoms with Gasteiger partial charge in [0.2, 0.25) is 14.4 Å². The van der Waals surface area contributed by atoms with Crippen molar-refractivity contribution in [3.8, 4) is 0 Å². The second kappa shape index (κ2) is 9.04. The fourth-order valence-electron chi connectivity index (χ4n) is 2.24. The summed E-state index contributed by atoms with van der Waals surface area (Å²) >= 11 is 0. The molecule has 1 amide bonds. The summed E-state index contributed by atoms with van der Waals surface area (Å²) in [6, 6.07) is 9.26. The summed E-state index contributed by atoms with van der Waals surface area (Å²) < 4.78 is 0. The maximum Gasteiger partial charge on any atom is 0.247 e. The van der Waals surface area contributed by atoms with Crippen LogP contribution in [0.2, 0.25) is 0 Å². The van der Waals surface area contributed by atoms with E-state index in [0.717, 1.165) is 5.56 Å². The Kier molecular flexibility index (Phi) is 7.74. The quantitative estimate of drug-likeness (QED) is 0.471. The number of β-amino-alcohol motifs (C(OH)–C–C–N with tert-alkyl or cyclic N) is 1. The number of carbonyl (C=O) groups excluding carboxylic acids is 1. The van der Waals surface area contributed by atoms with Crippen molar-refractivity contribution in [1.29, 1.82) is 0 Å². The third-order valence-electron chi connectivity index (χ3n) is 3.12. The summed E-state index contributed by atoms with van der Waals surface area (Å²) in [4.78, 5) is 28.5. The first-order valence-corrected chi connectivity index (χ1v) is 7.80. The molecule has 0 aromatic heterocycles. The molecule has 1 fully saturated rings. The molecule has 1 aliphatic heterocycles. The van der Waals surface area contributed by atoms with Gasteiger partial charge in [-0.3, -0.25) is 10.3 Å². The van der Waals surface area contributed by atoms with E-state index in [2.05, 4.69) is 5.50 Å². The Bertz CT molecular complexity index is 429. The number of hydrogen-bond donors (Lipinski definition) is 5. The van der Waals surface area contributed by atoms with Crippen LogP contribution in [0.15, 0.2) is 30.3 Å². The van der Waals surface area contributed by atoms with Crippen LogP contribution in [0, 0.1) is 0 Å². The fraction of sp³-hybridized carbons (Fsp3) is 0.462. The van der Waals surface area contributed by atoms with Gasteiger partial charge in [-0.1, -0.05) is 30.3 Å². The Morgan fingerprint density at radius 2 is 1.90 bits per heavy atom. The van der Waals surface area contributed by atoms with Crippen LogP contribution in [0.25, 0.3) is 0 Å². The maximum absolute atomic E-state index is 12.0. The zero-order valence-electron chi connectivity index (χ0n) is 11.5. The van der Waals surface area contributed by atoms with E-state index in [0.29, 0.717) is 19.4 Å². The lowest BCUT2D eigenvalue weighted by molar-refractivity contribution is -0.132. The second-order valence-electron chi connectivity index (χ2n) is 4.75. The molecule has 2 rings (SSSR count). The van der Waals surface area contributed by atoms with Crippen LogP contribution in [0.3, 0.4) is 0 Å². The number of carbonyl (C=O) groups is 1. The van der Waals surface area contributed by atoms with E-state index in [9.17, 15) is 9.90 Å². The lowest BCUT2D eigenvalue weighted by Gasteiger charge is -2.22. The van der Waals surface area contributed by atoms with Gasteiger partial charge in [0.1, 0.15) is 0 Å². The first kappa shape index (κ1) is 18.0. The van der Waals surface area contributed by atoms with Crippen molar-refractivity contribution in [3.63, 3.8) is 0 Å². The van der Waals surface area contributed by atoms with Crippen LogP contribution in [0.5, 0.6) is 0 Å². The van der Waals surface area contributed by atoms with Crippen LogP contribution < -0.4 is 5.50 Å².